The van der Waals surface area contributed by atoms with E-state index in [1.165, 1.54) is 0 Å². The highest BCUT2D eigenvalue weighted by atomic mass is 16.5. The number of ether oxygens (including phenoxy) is 1. The SMILES string of the molecule is CCCOc1ccc(NCCNC(C)(C)C)cc1. The van der Waals surface area contributed by atoms with Crippen LogP contribution < -0.4 is 15.4 Å². The minimum atomic E-state index is 0.180. The van der Waals surface area contributed by atoms with Crippen LogP contribution in [-0.2, 0) is 0 Å². The number of rotatable bonds is 7. The predicted octanol–water partition coefficient (Wildman–Crippen LogP) is 3.28. The zero-order chi connectivity index (χ0) is 13.4. The van der Waals surface area contributed by atoms with Crippen LogP contribution in [0.5, 0.6) is 5.75 Å². The van der Waals surface area contributed by atoms with E-state index in [1.807, 2.05) is 12.1 Å². The van der Waals surface area contributed by atoms with Crippen molar-refractivity contribution in [2.45, 2.75) is 39.7 Å². The summed E-state index contributed by atoms with van der Waals surface area (Å²) in [6.07, 6.45) is 1.04. The van der Waals surface area contributed by atoms with Crippen LogP contribution >= 0.6 is 0 Å². The Hall–Kier alpha value is -1.22. The van der Waals surface area contributed by atoms with E-state index < -0.39 is 0 Å². The van der Waals surface area contributed by atoms with Gasteiger partial charge in [0.25, 0.3) is 0 Å². The van der Waals surface area contributed by atoms with Gasteiger partial charge in [-0.3, -0.25) is 0 Å². The van der Waals surface area contributed by atoms with Gasteiger partial charge in [0.2, 0.25) is 0 Å². The first kappa shape index (κ1) is 14.8. The Morgan fingerprint density at radius 3 is 2.28 bits per heavy atom. The van der Waals surface area contributed by atoms with Crippen LogP contribution in [0.4, 0.5) is 5.69 Å². The Labute approximate surface area is 111 Å². The monoisotopic (exact) mass is 250 g/mol. The molecule has 3 heteroatoms. The van der Waals surface area contributed by atoms with Crippen LogP contribution in [0.15, 0.2) is 24.3 Å². The number of hydrogen-bond acceptors (Lipinski definition) is 3. The molecule has 0 bridgehead atoms. The van der Waals surface area contributed by atoms with E-state index in [9.17, 15) is 0 Å². The lowest BCUT2D eigenvalue weighted by Crippen LogP contribution is -2.38. The summed E-state index contributed by atoms with van der Waals surface area (Å²) in [7, 11) is 0. The topological polar surface area (TPSA) is 33.3 Å². The Kier molecular flexibility index (Phi) is 5.99. The third-order valence-corrected chi connectivity index (χ3v) is 2.44. The summed E-state index contributed by atoms with van der Waals surface area (Å²) >= 11 is 0. The number of hydrogen-bond donors (Lipinski definition) is 2. The fourth-order valence-electron chi connectivity index (χ4n) is 1.53. The molecule has 1 aromatic carbocycles. The van der Waals surface area contributed by atoms with E-state index in [1.54, 1.807) is 0 Å². The van der Waals surface area contributed by atoms with Crippen molar-refractivity contribution >= 4 is 5.69 Å². The average Bonchev–Trinajstić information content (AvgIpc) is 2.32. The summed E-state index contributed by atoms with van der Waals surface area (Å²) in [5.41, 5.74) is 1.31. The van der Waals surface area contributed by atoms with Crippen molar-refractivity contribution in [3.05, 3.63) is 24.3 Å². The van der Waals surface area contributed by atoms with Crippen molar-refractivity contribution in [1.82, 2.24) is 5.32 Å². The van der Waals surface area contributed by atoms with Crippen molar-refractivity contribution in [3.8, 4) is 5.75 Å². The lowest BCUT2D eigenvalue weighted by atomic mass is 10.1. The molecule has 3 nitrogen and oxygen atoms in total. The van der Waals surface area contributed by atoms with Gasteiger partial charge in [-0.05, 0) is 51.5 Å². The molecule has 0 aliphatic carbocycles. The maximum atomic E-state index is 5.54. The minimum absolute atomic E-state index is 0.180. The molecule has 0 aromatic heterocycles. The van der Waals surface area contributed by atoms with Crippen molar-refractivity contribution in [2.24, 2.45) is 0 Å². The second-order valence-electron chi connectivity index (χ2n) is 5.48. The Morgan fingerprint density at radius 1 is 1.06 bits per heavy atom. The minimum Gasteiger partial charge on any atom is -0.494 e. The third-order valence-electron chi connectivity index (χ3n) is 2.44. The molecule has 102 valence electrons. The maximum Gasteiger partial charge on any atom is 0.119 e. The first-order valence-electron chi connectivity index (χ1n) is 6.73. The van der Waals surface area contributed by atoms with Gasteiger partial charge in [-0.2, -0.15) is 0 Å². The second-order valence-corrected chi connectivity index (χ2v) is 5.48. The van der Waals surface area contributed by atoms with Crippen LogP contribution in [-0.4, -0.2) is 25.2 Å². The molecule has 0 heterocycles. The molecule has 0 saturated heterocycles. The molecule has 0 aliphatic rings. The van der Waals surface area contributed by atoms with E-state index >= 15 is 0 Å². The molecular weight excluding hydrogens is 224 g/mol. The lowest BCUT2D eigenvalue weighted by Gasteiger charge is -2.20. The quantitative estimate of drug-likeness (QED) is 0.729. The molecule has 0 radical (unpaired) electrons. The second kappa shape index (κ2) is 7.27. The highest BCUT2D eigenvalue weighted by Gasteiger charge is 2.06. The zero-order valence-electron chi connectivity index (χ0n) is 12.0. The first-order valence-corrected chi connectivity index (χ1v) is 6.73. The predicted molar refractivity (Wildman–Crippen MR) is 78.5 cm³/mol. The molecule has 2 N–H and O–H groups in total. The van der Waals surface area contributed by atoms with Gasteiger partial charge in [-0.25, -0.2) is 0 Å². The van der Waals surface area contributed by atoms with Gasteiger partial charge >= 0.3 is 0 Å². The van der Waals surface area contributed by atoms with Crippen molar-refractivity contribution in [2.75, 3.05) is 25.0 Å². The van der Waals surface area contributed by atoms with Crippen LogP contribution in [0.3, 0.4) is 0 Å². The molecule has 0 aliphatic heterocycles. The maximum absolute atomic E-state index is 5.54. The summed E-state index contributed by atoms with van der Waals surface area (Å²) in [5, 5.41) is 6.83. The van der Waals surface area contributed by atoms with Gasteiger partial charge in [0.1, 0.15) is 5.75 Å². The summed E-state index contributed by atoms with van der Waals surface area (Å²) in [5.74, 6) is 0.940. The molecule has 1 rings (SSSR count). The van der Waals surface area contributed by atoms with Gasteiger partial charge < -0.3 is 15.4 Å². The number of nitrogens with one attached hydrogen (secondary N) is 2. The fourth-order valence-corrected chi connectivity index (χ4v) is 1.53. The Morgan fingerprint density at radius 2 is 1.72 bits per heavy atom. The average molecular weight is 250 g/mol. The van der Waals surface area contributed by atoms with E-state index in [0.717, 1.165) is 37.6 Å². The smallest absolute Gasteiger partial charge is 0.119 e. The molecular formula is C15H26N2O. The van der Waals surface area contributed by atoms with E-state index in [-0.39, 0.29) is 5.54 Å². The van der Waals surface area contributed by atoms with Crippen LogP contribution in [0, 0.1) is 0 Å². The van der Waals surface area contributed by atoms with Gasteiger partial charge in [-0.15, -0.1) is 0 Å². The summed E-state index contributed by atoms with van der Waals surface area (Å²) in [6.45, 7) is 11.3. The third kappa shape index (κ3) is 6.50. The standard InChI is InChI=1S/C15H26N2O/c1-5-12-18-14-8-6-13(7-9-14)16-10-11-17-15(2,3)4/h6-9,16-17H,5,10-12H2,1-4H3. The van der Waals surface area contributed by atoms with Crippen LogP contribution in [0.25, 0.3) is 0 Å². The Bertz CT molecular complexity index is 327. The van der Waals surface area contributed by atoms with Gasteiger partial charge in [0, 0.05) is 24.3 Å². The van der Waals surface area contributed by atoms with E-state index in [0.29, 0.717) is 0 Å². The van der Waals surface area contributed by atoms with Crippen LogP contribution in [0.1, 0.15) is 34.1 Å². The zero-order valence-corrected chi connectivity index (χ0v) is 12.0. The highest BCUT2D eigenvalue weighted by molar-refractivity contribution is 5.46. The number of anilines is 1. The molecule has 0 atom stereocenters. The van der Waals surface area contributed by atoms with E-state index in [2.05, 4.69) is 50.5 Å². The summed E-state index contributed by atoms with van der Waals surface area (Å²) in [4.78, 5) is 0. The molecule has 18 heavy (non-hydrogen) atoms. The van der Waals surface area contributed by atoms with Gasteiger partial charge in [-0.1, -0.05) is 6.92 Å². The van der Waals surface area contributed by atoms with Crippen molar-refractivity contribution in [3.63, 3.8) is 0 Å². The van der Waals surface area contributed by atoms with Gasteiger partial charge in [0.05, 0.1) is 6.61 Å². The Balaban J connectivity index is 2.26. The highest BCUT2D eigenvalue weighted by Crippen LogP contribution is 2.15. The largest absolute Gasteiger partial charge is 0.494 e. The normalized spacial score (nSPS) is 11.3. The van der Waals surface area contributed by atoms with Gasteiger partial charge in [0.15, 0.2) is 0 Å². The van der Waals surface area contributed by atoms with E-state index in [4.69, 9.17) is 4.74 Å². The summed E-state index contributed by atoms with van der Waals surface area (Å²) < 4.78 is 5.54. The molecule has 0 saturated carbocycles. The molecule has 0 amide bonds. The molecule has 0 spiro atoms. The first-order chi connectivity index (χ1) is 8.51. The summed E-state index contributed by atoms with van der Waals surface area (Å²) in [6, 6.07) is 8.13. The molecule has 0 fully saturated rings. The van der Waals surface area contributed by atoms with Crippen molar-refractivity contribution in [1.29, 1.82) is 0 Å². The molecule has 0 unspecified atom stereocenters. The number of benzene rings is 1. The fraction of sp³-hybridized carbons (Fsp3) is 0.600. The van der Waals surface area contributed by atoms with Crippen LogP contribution in [0.2, 0.25) is 0 Å². The molecule has 1 aromatic rings. The van der Waals surface area contributed by atoms with Crippen molar-refractivity contribution < 1.29 is 4.74 Å². The lowest BCUT2D eigenvalue weighted by molar-refractivity contribution is 0.317.